The molecule has 11 heavy (non-hydrogen) atoms. The summed E-state index contributed by atoms with van der Waals surface area (Å²) in [6.45, 7) is 4.44. The molecule has 0 radical (unpaired) electrons. The summed E-state index contributed by atoms with van der Waals surface area (Å²) in [4.78, 5) is 0. The van der Waals surface area contributed by atoms with Crippen LogP contribution in [-0.2, 0) is 0 Å². The maximum absolute atomic E-state index is 5.87. The van der Waals surface area contributed by atoms with Crippen molar-refractivity contribution in [3.63, 3.8) is 0 Å². The minimum absolute atomic E-state index is 0.469. The van der Waals surface area contributed by atoms with Crippen molar-refractivity contribution in [3.05, 3.63) is 0 Å². The van der Waals surface area contributed by atoms with E-state index in [0.717, 1.165) is 0 Å². The highest BCUT2D eigenvalue weighted by Crippen LogP contribution is 2.07. The van der Waals surface area contributed by atoms with Crippen LogP contribution in [0.25, 0.3) is 0 Å². The van der Waals surface area contributed by atoms with Crippen molar-refractivity contribution in [2.45, 2.75) is 64.8 Å². The van der Waals surface area contributed by atoms with Crippen molar-refractivity contribution < 1.29 is 0 Å². The van der Waals surface area contributed by atoms with Crippen LogP contribution in [0.2, 0.25) is 0 Å². The number of nitrogens with two attached hydrogens (primary N) is 1. The number of unbranched alkanes of at least 4 members (excludes halogenated alkanes) is 3. The molecule has 0 saturated heterocycles. The van der Waals surface area contributed by atoms with Crippen molar-refractivity contribution >= 4 is 0 Å². The van der Waals surface area contributed by atoms with Crippen molar-refractivity contribution in [2.75, 3.05) is 0 Å². The van der Waals surface area contributed by atoms with Crippen LogP contribution in [0.15, 0.2) is 0 Å². The monoisotopic (exact) mass is 157 g/mol. The van der Waals surface area contributed by atoms with Crippen LogP contribution in [0.5, 0.6) is 0 Å². The summed E-state index contributed by atoms with van der Waals surface area (Å²) in [6, 6.07) is 0.469. The molecule has 0 spiro atoms. The normalized spacial score (nSPS) is 13.4. The Labute approximate surface area is 71.4 Å². The second-order valence-electron chi connectivity index (χ2n) is 3.40. The van der Waals surface area contributed by atoms with E-state index in [1.165, 1.54) is 44.9 Å². The van der Waals surface area contributed by atoms with Gasteiger partial charge in [-0.05, 0) is 12.8 Å². The third-order valence-corrected chi connectivity index (χ3v) is 2.09. The van der Waals surface area contributed by atoms with Crippen LogP contribution < -0.4 is 5.73 Å². The highest BCUT2D eigenvalue weighted by atomic mass is 14.6. The lowest BCUT2D eigenvalue weighted by Gasteiger charge is -2.08. The van der Waals surface area contributed by atoms with E-state index in [4.69, 9.17) is 5.73 Å². The molecule has 0 fully saturated rings. The van der Waals surface area contributed by atoms with Gasteiger partial charge in [-0.25, -0.2) is 0 Å². The Morgan fingerprint density at radius 3 is 2.18 bits per heavy atom. The van der Waals surface area contributed by atoms with Gasteiger partial charge in [0.15, 0.2) is 0 Å². The van der Waals surface area contributed by atoms with Crippen LogP contribution in [0, 0.1) is 0 Å². The molecule has 2 N–H and O–H groups in total. The van der Waals surface area contributed by atoms with E-state index < -0.39 is 0 Å². The van der Waals surface area contributed by atoms with Crippen molar-refractivity contribution in [2.24, 2.45) is 5.73 Å². The molecule has 0 aromatic rings. The van der Waals surface area contributed by atoms with Crippen molar-refractivity contribution in [1.29, 1.82) is 0 Å². The average Bonchev–Trinajstić information content (AvgIpc) is 1.99. The van der Waals surface area contributed by atoms with Crippen molar-refractivity contribution in [1.82, 2.24) is 0 Å². The molecule has 0 saturated carbocycles. The van der Waals surface area contributed by atoms with E-state index in [1.807, 2.05) is 0 Å². The SMILES string of the molecule is CCCCCCC(N)CCC. The second kappa shape index (κ2) is 8.06. The summed E-state index contributed by atoms with van der Waals surface area (Å²) in [6.07, 6.45) is 9.06. The van der Waals surface area contributed by atoms with Gasteiger partial charge < -0.3 is 5.73 Å². The van der Waals surface area contributed by atoms with Gasteiger partial charge in [0, 0.05) is 6.04 Å². The molecule has 0 aliphatic rings. The smallest absolute Gasteiger partial charge is 0.00387 e. The molecule has 1 nitrogen and oxygen atoms in total. The molecule has 1 atom stereocenters. The highest BCUT2D eigenvalue weighted by Gasteiger charge is 1.99. The maximum atomic E-state index is 5.87. The zero-order valence-electron chi connectivity index (χ0n) is 8.10. The Morgan fingerprint density at radius 2 is 1.64 bits per heavy atom. The van der Waals surface area contributed by atoms with Gasteiger partial charge in [-0.3, -0.25) is 0 Å². The van der Waals surface area contributed by atoms with Gasteiger partial charge in [0.1, 0.15) is 0 Å². The van der Waals surface area contributed by atoms with Crippen LogP contribution in [0.1, 0.15) is 58.8 Å². The summed E-state index contributed by atoms with van der Waals surface area (Å²) in [5, 5.41) is 0. The quantitative estimate of drug-likeness (QED) is 0.565. The number of hydrogen-bond acceptors (Lipinski definition) is 1. The molecular formula is C10H23N. The molecule has 0 amide bonds. The van der Waals surface area contributed by atoms with Gasteiger partial charge in [-0.1, -0.05) is 46.0 Å². The fourth-order valence-corrected chi connectivity index (χ4v) is 1.35. The van der Waals surface area contributed by atoms with Crippen LogP contribution >= 0.6 is 0 Å². The number of rotatable bonds is 7. The molecule has 0 aliphatic carbocycles. The summed E-state index contributed by atoms with van der Waals surface area (Å²) >= 11 is 0. The highest BCUT2D eigenvalue weighted by molar-refractivity contribution is 4.59. The molecule has 0 bridgehead atoms. The minimum atomic E-state index is 0.469. The topological polar surface area (TPSA) is 26.0 Å². The average molecular weight is 157 g/mol. The predicted octanol–water partition coefficient (Wildman–Crippen LogP) is 3.08. The van der Waals surface area contributed by atoms with Crippen LogP contribution in [-0.4, -0.2) is 6.04 Å². The van der Waals surface area contributed by atoms with E-state index in [2.05, 4.69) is 13.8 Å². The molecule has 0 aromatic heterocycles. The largest absolute Gasteiger partial charge is 0.328 e. The third-order valence-electron chi connectivity index (χ3n) is 2.09. The predicted molar refractivity (Wildman–Crippen MR) is 51.6 cm³/mol. The van der Waals surface area contributed by atoms with Gasteiger partial charge in [-0.15, -0.1) is 0 Å². The number of hydrogen-bond donors (Lipinski definition) is 1. The standard InChI is InChI=1S/C10H23N/c1-3-5-6-7-9-10(11)8-4-2/h10H,3-9,11H2,1-2H3. The van der Waals surface area contributed by atoms with Gasteiger partial charge in [0.05, 0.1) is 0 Å². The van der Waals surface area contributed by atoms with E-state index >= 15 is 0 Å². The maximum Gasteiger partial charge on any atom is 0.00387 e. The molecule has 1 unspecified atom stereocenters. The van der Waals surface area contributed by atoms with E-state index in [0.29, 0.717) is 6.04 Å². The van der Waals surface area contributed by atoms with Crippen LogP contribution in [0.4, 0.5) is 0 Å². The van der Waals surface area contributed by atoms with Gasteiger partial charge >= 0.3 is 0 Å². The molecule has 0 aromatic carbocycles. The Kier molecular flexibility index (Phi) is 8.03. The minimum Gasteiger partial charge on any atom is -0.328 e. The molecule has 1 heteroatoms. The zero-order valence-corrected chi connectivity index (χ0v) is 8.10. The summed E-state index contributed by atoms with van der Waals surface area (Å²) in [5.74, 6) is 0. The fraction of sp³-hybridized carbons (Fsp3) is 1.00. The second-order valence-corrected chi connectivity index (χ2v) is 3.40. The van der Waals surface area contributed by atoms with Gasteiger partial charge in [-0.2, -0.15) is 0 Å². The Morgan fingerprint density at radius 1 is 0.909 bits per heavy atom. The molecule has 68 valence electrons. The molecule has 0 heterocycles. The Bertz CT molecular complexity index is 71.3. The first-order chi connectivity index (χ1) is 5.31. The third kappa shape index (κ3) is 7.86. The van der Waals surface area contributed by atoms with Crippen LogP contribution in [0.3, 0.4) is 0 Å². The Hall–Kier alpha value is -0.0400. The summed E-state index contributed by atoms with van der Waals surface area (Å²) < 4.78 is 0. The molecule has 0 aliphatic heterocycles. The lowest BCUT2D eigenvalue weighted by atomic mass is 10.0. The van der Waals surface area contributed by atoms with Gasteiger partial charge in [0.25, 0.3) is 0 Å². The first kappa shape index (κ1) is 11.0. The Balaban J connectivity index is 2.97. The van der Waals surface area contributed by atoms with Crippen molar-refractivity contribution in [3.8, 4) is 0 Å². The first-order valence-electron chi connectivity index (χ1n) is 5.06. The van der Waals surface area contributed by atoms with E-state index in [1.54, 1.807) is 0 Å². The lowest BCUT2D eigenvalue weighted by Crippen LogP contribution is -2.18. The summed E-state index contributed by atoms with van der Waals surface area (Å²) in [5.41, 5.74) is 5.87. The fourth-order valence-electron chi connectivity index (χ4n) is 1.35. The van der Waals surface area contributed by atoms with E-state index in [9.17, 15) is 0 Å². The van der Waals surface area contributed by atoms with Gasteiger partial charge in [0.2, 0.25) is 0 Å². The van der Waals surface area contributed by atoms with E-state index in [-0.39, 0.29) is 0 Å². The lowest BCUT2D eigenvalue weighted by molar-refractivity contribution is 0.517. The zero-order chi connectivity index (χ0) is 8.53. The molecule has 0 rings (SSSR count). The summed E-state index contributed by atoms with van der Waals surface area (Å²) in [7, 11) is 0. The molecular weight excluding hydrogens is 134 g/mol. The first-order valence-corrected chi connectivity index (χ1v) is 5.06.